The fraction of sp³-hybridized carbons (Fsp3) is 0.333. The van der Waals surface area contributed by atoms with Crippen molar-refractivity contribution in [2.75, 3.05) is 6.61 Å². The van der Waals surface area contributed by atoms with E-state index in [2.05, 4.69) is 9.84 Å². The highest BCUT2D eigenvalue weighted by atomic mass is 32.2. The Balaban J connectivity index is 1.93. The molecule has 0 aliphatic rings. The molecule has 1 heterocycles. The van der Waals surface area contributed by atoms with Crippen molar-refractivity contribution in [1.82, 2.24) is 9.78 Å². The first-order chi connectivity index (χ1) is 12.8. The van der Waals surface area contributed by atoms with Gasteiger partial charge in [0, 0.05) is 17.5 Å². The minimum Gasteiger partial charge on any atom is -0.487 e. The summed E-state index contributed by atoms with van der Waals surface area (Å²) in [6.45, 7) is 3.15. The van der Waals surface area contributed by atoms with Gasteiger partial charge in [-0.15, -0.1) is 11.8 Å². The number of rotatable bonds is 9. The van der Waals surface area contributed by atoms with Crippen LogP contribution in [0.1, 0.15) is 30.6 Å². The molecular weight excluding hydrogens is 381 g/mol. The van der Waals surface area contributed by atoms with Crippen LogP contribution < -0.4 is 4.74 Å². The number of halogens is 3. The number of carbonyl (C=O) groups excluding carboxylic acids is 1. The first-order valence-electron chi connectivity index (χ1n) is 8.18. The van der Waals surface area contributed by atoms with Crippen LogP contribution in [0.5, 0.6) is 5.75 Å². The van der Waals surface area contributed by atoms with E-state index >= 15 is 0 Å². The van der Waals surface area contributed by atoms with E-state index in [0.717, 1.165) is 4.90 Å². The van der Waals surface area contributed by atoms with Gasteiger partial charge in [0.25, 0.3) is 0 Å². The Morgan fingerprint density at radius 2 is 1.96 bits per heavy atom. The largest absolute Gasteiger partial charge is 0.487 e. The maximum atomic E-state index is 12.7. The van der Waals surface area contributed by atoms with E-state index in [4.69, 9.17) is 4.74 Å². The fourth-order valence-electron chi connectivity index (χ4n) is 2.00. The molecule has 0 unspecified atom stereocenters. The molecule has 1 aromatic carbocycles. The summed E-state index contributed by atoms with van der Waals surface area (Å²) in [5.74, 6) is -0.388. The van der Waals surface area contributed by atoms with E-state index < -0.39 is 11.9 Å². The van der Waals surface area contributed by atoms with Crippen LogP contribution in [0.2, 0.25) is 0 Å². The highest BCUT2D eigenvalue weighted by Crippen LogP contribution is 2.28. The van der Waals surface area contributed by atoms with Crippen molar-refractivity contribution in [3.05, 3.63) is 54.2 Å². The van der Waals surface area contributed by atoms with Crippen LogP contribution in [0, 0.1) is 0 Å². The van der Waals surface area contributed by atoms with Crippen molar-refractivity contribution in [3.63, 3.8) is 0 Å². The van der Waals surface area contributed by atoms with Gasteiger partial charge >= 0.3 is 6.18 Å². The lowest BCUT2D eigenvalue weighted by Crippen LogP contribution is -2.15. The van der Waals surface area contributed by atoms with Gasteiger partial charge < -0.3 is 9.47 Å². The lowest BCUT2D eigenvalue weighted by Gasteiger charge is -2.12. The third kappa shape index (κ3) is 6.35. The maximum absolute atomic E-state index is 12.7. The molecule has 2 rings (SSSR count). The number of allylic oxidation sites excluding steroid dienone is 1. The maximum Gasteiger partial charge on any atom is 0.452 e. The number of ether oxygens (including phenoxy) is 2. The SMILES string of the molecule is CCO/C(=C\Oc1ccc(SCn2cc(C(=O)CC)cn2)cc1)C(F)(F)F. The number of carbonyl (C=O) groups is 1. The minimum absolute atomic E-state index is 0.0334. The van der Waals surface area contributed by atoms with Gasteiger partial charge in [-0.05, 0) is 31.2 Å². The standard InChI is InChI=1S/C18H19F3N2O3S/c1-3-16(24)13-9-22-23(10-13)12-27-15-7-5-14(6-8-15)26-11-17(25-4-2)18(19,20)21/h5-11H,3-4,12H2,1-2H3/b17-11-. The molecule has 1 aromatic heterocycles. The second-order valence-electron chi connectivity index (χ2n) is 5.32. The summed E-state index contributed by atoms with van der Waals surface area (Å²) in [4.78, 5) is 12.5. The molecule has 0 amide bonds. The summed E-state index contributed by atoms with van der Waals surface area (Å²) in [6.07, 6.45) is -0.400. The summed E-state index contributed by atoms with van der Waals surface area (Å²) in [5, 5.41) is 4.13. The first kappa shape index (κ1) is 20.9. The highest BCUT2D eigenvalue weighted by molar-refractivity contribution is 7.98. The quantitative estimate of drug-likeness (QED) is 0.335. The van der Waals surface area contributed by atoms with Crippen LogP contribution in [0.4, 0.5) is 13.2 Å². The molecule has 2 aromatic rings. The molecule has 5 nitrogen and oxygen atoms in total. The van der Waals surface area contributed by atoms with Crippen LogP contribution in [-0.4, -0.2) is 28.3 Å². The molecule has 0 spiro atoms. The summed E-state index contributed by atoms with van der Waals surface area (Å²) < 4.78 is 49.3. The molecule has 0 bridgehead atoms. The molecule has 0 aliphatic heterocycles. The van der Waals surface area contributed by atoms with Gasteiger partial charge in [-0.2, -0.15) is 18.3 Å². The van der Waals surface area contributed by atoms with Gasteiger partial charge in [0.05, 0.1) is 24.2 Å². The molecule has 0 fully saturated rings. The second kappa shape index (κ2) is 9.50. The van der Waals surface area contributed by atoms with Crippen LogP contribution in [-0.2, 0) is 10.6 Å². The van der Waals surface area contributed by atoms with Crippen molar-refractivity contribution in [1.29, 1.82) is 0 Å². The minimum atomic E-state index is -4.60. The zero-order chi connectivity index (χ0) is 19.9. The Morgan fingerprint density at radius 3 is 2.56 bits per heavy atom. The summed E-state index contributed by atoms with van der Waals surface area (Å²) >= 11 is 1.47. The number of thioether (sulfide) groups is 1. The normalized spacial score (nSPS) is 12.1. The first-order valence-corrected chi connectivity index (χ1v) is 9.17. The van der Waals surface area contributed by atoms with E-state index in [0.29, 0.717) is 24.1 Å². The average molecular weight is 400 g/mol. The molecule has 0 saturated heterocycles. The van der Waals surface area contributed by atoms with Gasteiger partial charge in [-0.25, -0.2) is 0 Å². The van der Waals surface area contributed by atoms with E-state index in [1.165, 1.54) is 24.9 Å². The molecule has 9 heteroatoms. The van der Waals surface area contributed by atoms with Crippen LogP contribution in [0.3, 0.4) is 0 Å². The van der Waals surface area contributed by atoms with E-state index in [9.17, 15) is 18.0 Å². The Hall–Kier alpha value is -2.42. The summed E-state index contributed by atoms with van der Waals surface area (Å²) in [6, 6.07) is 6.58. The number of aromatic nitrogens is 2. The smallest absolute Gasteiger partial charge is 0.452 e. The van der Waals surface area contributed by atoms with Gasteiger partial charge in [-0.1, -0.05) is 6.92 Å². The summed E-state index contributed by atoms with van der Waals surface area (Å²) in [5.41, 5.74) is 0.573. The Kier molecular flexibility index (Phi) is 7.35. The predicted octanol–water partition coefficient (Wildman–Crippen LogP) is 5.04. The average Bonchev–Trinajstić information content (AvgIpc) is 3.11. The molecular formula is C18H19F3N2O3S. The zero-order valence-electron chi connectivity index (χ0n) is 14.8. The molecule has 146 valence electrons. The van der Waals surface area contributed by atoms with Crippen molar-refractivity contribution >= 4 is 17.5 Å². The van der Waals surface area contributed by atoms with Gasteiger partial charge in [0.15, 0.2) is 5.78 Å². The number of hydrogen-bond acceptors (Lipinski definition) is 5. The molecule has 0 saturated carbocycles. The number of ketones is 1. The van der Waals surface area contributed by atoms with Crippen LogP contribution in [0.15, 0.2) is 53.6 Å². The number of hydrogen-bond donors (Lipinski definition) is 0. The van der Waals surface area contributed by atoms with Gasteiger partial charge in [0.2, 0.25) is 5.76 Å². The molecule has 0 N–H and O–H groups in total. The highest BCUT2D eigenvalue weighted by Gasteiger charge is 2.36. The third-order valence-electron chi connectivity index (χ3n) is 3.34. The lowest BCUT2D eigenvalue weighted by molar-refractivity contribution is -0.132. The predicted molar refractivity (Wildman–Crippen MR) is 95.5 cm³/mol. The number of benzene rings is 1. The molecule has 0 radical (unpaired) electrons. The number of nitrogens with zero attached hydrogens (tertiary/aromatic N) is 2. The Morgan fingerprint density at radius 1 is 1.26 bits per heavy atom. The molecule has 0 aliphatic carbocycles. The van der Waals surface area contributed by atoms with E-state index in [-0.39, 0.29) is 18.1 Å². The Bertz CT molecular complexity index is 786. The molecule has 0 atom stereocenters. The number of Topliss-reactive ketones (excluding diaryl/α,β-unsaturated/α-hetero) is 1. The zero-order valence-corrected chi connectivity index (χ0v) is 15.6. The fourth-order valence-corrected chi connectivity index (χ4v) is 2.75. The van der Waals surface area contributed by atoms with Gasteiger partial charge in [-0.3, -0.25) is 9.48 Å². The van der Waals surface area contributed by atoms with Crippen LogP contribution in [0.25, 0.3) is 0 Å². The van der Waals surface area contributed by atoms with Crippen molar-refractivity contribution in [3.8, 4) is 5.75 Å². The van der Waals surface area contributed by atoms with Crippen molar-refractivity contribution < 1.29 is 27.4 Å². The second-order valence-corrected chi connectivity index (χ2v) is 6.34. The van der Waals surface area contributed by atoms with Gasteiger partial charge in [0.1, 0.15) is 12.0 Å². The lowest BCUT2D eigenvalue weighted by atomic mass is 10.2. The third-order valence-corrected chi connectivity index (χ3v) is 4.34. The van der Waals surface area contributed by atoms with E-state index in [1.807, 2.05) is 0 Å². The number of alkyl halides is 3. The van der Waals surface area contributed by atoms with Crippen molar-refractivity contribution in [2.24, 2.45) is 0 Å². The topological polar surface area (TPSA) is 53.4 Å². The van der Waals surface area contributed by atoms with Crippen molar-refractivity contribution in [2.45, 2.75) is 37.2 Å². The van der Waals surface area contributed by atoms with Crippen LogP contribution >= 0.6 is 11.8 Å². The monoisotopic (exact) mass is 400 g/mol. The molecule has 27 heavy (non-hydrogen) atoms. The Labute approximate surface area is 159 Å². The van der Waals surface area contributed by atoms with E-state index in [1.54, 1.807) is 42.1 Å². The summed E-state index contributed by atoms with van der Waals surface area (Å²) in [7, 11) is 0.